The summed E-state index contributed by atoms with van der Waals surface area (Å²) >= 11 is 9.00. The predicted octanol–water partition coefficient (Wildman–Crippen LogP) is 4.82. The van der Waals surface area contributed by atoms with Crippen molar-refractivity contribution >= 4 is 33.3 Å². The number of anilines is 1. The Labute approximate surface area is 135 Å². The molecule has 1 heterocycles. The van der Waals surface area contributed by atoms with Crippen LogP contribution in [-0.2, 0) is 6.42 Å². The molecule has 2 aromatic rings. The van der Waals surface area contributed by atoms with Gasteiger partial charge in [0.2, 0.25) is 5.88 Å². The minimum Gasteiger partial charge on any atom is -0.438 e. The summed E-state index contributed by atoms with van der Waals surface area (Å²) in [5.41, 5.74) is 0. The predicted molar refractivity (Wildman–Crippen MR) is 84.8 cm³/mol. The molecule has 0 bridgehead atoms. The second kappa shape index (κ2) is 7.04. The van der Waals surface area contributed by atoms with Gasteiger partial charge in [0.15, 0.2) is 0 Å². The average molecular weight is 375 g/mol. The number of benzene rings is 1. The molecular weight excluding hydrogens is 361 g/mol. The molecule has 7 heteroatoms. The van der Waals surface area contributed by atoms with E-state index in [1.54, 1.807) is 6.07 Å². The highest BCUT2D eigenvalue weighted by atomic mass is 79.9. The molecule has 0 amide bonds. The molecule has 4 nitrogen and oxygen atoms in total. The number of nitrogens with one attached hydrogen (secondary N) is 1. The molecule has 0 saturated carbocycles. The summed E-state index contributed by atoms with van der Waals surface area (Å²) in [7, 11) is 0. The molecule has 112 valence electrons. The van der Waals surface area contributed by atoms with Crippen LogP contribution in [0.15, 0.2) is 22.7 Å². The Kier molecular flexibility index (Phi) is 5.36. The summed E-state index contributed by atoms with van der Waals surface area (Å²) in [4.78, 5) is 8.60. The van der Waals surface area contributed by atoms with E-state index in [-0.39, 0.29) is 5.02 Å². The quantitative estimate of drug-likeness (QED) is 0.762. The van der Waals surface area contributed by atoms with Crippen molar-refractivity contribution in [3.63, 3.8) is 0 Å². The number of halogens is 3. The molecule has 0 radical (unpaired) electrons. The minimum absolute atomic E-state index is 0.0273. The smallest absolute Gasteiger partial charge is 0.224 e. The molecule has 0 aliphatic heterocycles. The van der Waals surface area contributed by atoms with E-state index in [0.29, 0.717) is 34.2 Å². The number of aromatic nitrogens is 2. The zero-order chi connectivity index (χ0) is 15.4. The van der Waals surface area contributed by atoms with Gasteiger partial charge in [-0.25, -0.2) is 9.37 Å². The van der Waals surface area contributed by atoms with Gasteiger partial charge < -0.3 is 10.1 Å². The highest BCUT2D eigenvalue weighted by Crippen LogP contribution is 2.33. The van der Waals surface area contributed by atoms with E-state index >= 15 is 0 Å². The van der Waals surface area contributed by atoms with Crippen LogP contribution >= 0.6 is 27.5 Å². The normalized spacial score (nSPS) is 10.5. The number of hydrogen-bond acceptors (Lipinski definition) is 4. The first-order valence-electron chi connectivity index (χ1n) is 6.47. The summed E-state index contributed by atoms with van der Waals surface area (Å²) in [6, 6.07) is 4.33. The van der Waals surface area contributed by atoms with Crippen LogP contribution in [0, 0.1) is 5.82 Å². The van der Waals surface area contributed by atoms with Crippen molar-refractivity contribution in [2.24, 2.45) is 0 Å². The van der Waals surface area contributed by atoms with Crippen LogP contribution in [0.1, 0.15) is 19.7 Å². The zero-order valence-electron chi connectivity index (χ0n) is 11.6. The molecule has 0 unspecified atom stereocenters. The van der Waals surface area contributed by atoms with Crippen molar-refractivity contribution in [3.05, 3.63) is 39.3 Å². The van der Waals surface area contributed by atoms with Crippen LogP contribution in [0.3, 0.4) is 0 Å². The molecule has 1 aromatic carbocycles. The average Bonchev–Trinajstić information content (AvgIpc) is 2.45. The van der Waals surface area contributed by atoms with E-state index in [4.69, 9.17) is 16.3 Å². The molecule has 1 N–H and O–H groups in total. The van der Waals surface area contributed by atoms with E-state index in [2.05, 4.69) is 31.2 Å². The summed E-state index contributed by atoms with van der Waals surface area (Å²) in [5, 5.41) is 3.13. The topological polar surface area (TPSA) is 47.0 Å². The monoisotopic (exact) mass is 373 g/mol. The van der Waals surface area contributed by atoms with Gasteiger partial charge in [0, 0.05) is 25.1 Å². The van der Waals surface area contributed by atoms with Crippen molar-refractivity contribution in [1.82, 2.24) is 9.97 Å². The van der Waals surface area contributed by atoms with E-state index in [0.717, 1.165) is 6.54 Å². The second-order valence-electron chi connectivity index (χ2n) is 4.19. The molecule has 1 aromatic heterocycles. The van der Waals surface area contributed by atoms with Gasteiger partial charge in [-0.15, -0.1) is 0 Å². The third-order valence-electron chi connectivity index (χ3n) is 2.61. The number of nitrogens with zero attached hydrogens (tertiary/aromatic N) is 2. The molecule has 0 spiro atoms. The Morgan fingerprint density at radius 1 is 1.29 bits per heavy atom. The van der Waals surface area contributed by atoms with Crippen LogP contribution in [-0.4, -0.2) is 16.5 Å². The van der Waals surface area contributed by atoms with Gasteiger partial charge in [0.1, 0.15) is 23.2 Å². The van der Waals surface area contributed by atoms with Gasteiger partial charge in [-0.3, -0.25) is 0 Å². The van der Waals surface area contributed by atoms with Crippen molar-refractivity contribution in [3.8, 4) is 11.6 Å². The van der Waals surface area contributed by atoms with Crippen LogP contribution in [0.2, 0.25) is 5.02 Å². The van der Waals surface area contributed by atoms with Gasteiger partial charge in [-0.05, 0) is 28.9 Å². The Morgan fingerprint density at radius 2 is 2.05 bits per heavy atom. The minimum atomic E-state index is -0.549. The fraction of sp³-hybridized carbons (Fsp3) is 0.286. The fourth-order valence-corrected chi connectivity index (χ4v) is 2.37. The van der Waals surface area contributed by atoms with Crippen LogP contribution < -0.4 is 10.1 Å². The van der Waals surface area contributed by atoms with Crippen LogP contribution in [0.5, 0.6) is 11.6 Å². The Hall–Kier alpha value is -1.40. The third kappa shape index (κ3) is 4.04. The van der Waals surface area contributed by atoms with Gasteiger partial charge in [0.25, 0.3) is 0 Å². The van der Waals surface area contributed by atoms with Gasteiger partial charge in [-0.1, -0.05) is 18.5 Å². The molecular formula is C14H14BrClFN3O. The van der Waals surface area contributed by atoms with Crippen molar-refractivity contribution in [2.45, 2.75) is 20.3 Å². The van der Waals surface area contributed by atoms with Gasteiger partial charge in [0.05, 0.1) is 9.50 Å². The second-order valence-corrected chi connectivity index (χ2v) is 5.45. The first-order valence-corrected chi connectivity index (χ1v) is 7.64. The maximum Gasteiger partial charge on any atom is 0.224 e. The number of rotatable bonds is 5. The van der Waals surface area contributed by atoms with Crippen LogP contribution in [0.4, 0.5) is 10.2 Å². The maximum atomic E-state index is 13.5. The standard InChI is InChI=1S/C14H14BrClFN3O/c1-3-12-19-13(18-4-2)7-14(20-12)21-11-6-10(17)9(16)5-8(11)15/h5-7H,3-4H2,1-2H3,(H,18,19,20). The Bertz CT molecular complexity index is 654. The zero-order valence-corrected chi connectivity index (χ0v) is 13.9. The number of ether oxygens (including phenoxy) is 1. The number of hydrogen-bond donors (Lipinski definition) is 1. The lowest BCUT2D eigenvalue weighted by Gasteiger charge is -2.11. The first kappa shape index (κ1) is 16.0. The highest BCUT2D eigenvalue weighted by Gasteiger charge is 2.11. The van der Waals surface area contributed by atoms with E-state index in [1.807, 2.05) is 13.8 Å². The lowest BCUT2D eigenvalue weighted by molar-refractivity contribution is 0.452. The van der Waals surface area contributed by atoms with Crippen LogP contribution in [0.25, 0.3) is 0 Å². The van der Waals surface area contributed by atoms with E-state index < -0.39 is 5.82 Å². The Balaban J connectivity index is 2.34. The fourth-order valence-electron chi connectivity index (χ4n) is 1.65. The van der Waals surface area contributed by atoms with E-state index in [9.17, 15) is 4.39 Å². The largest absolute Gasteiger partial charge is 0.438 e. The summed E-state index contributed by atoms with van der Waals surface area (Å²) in [6.07, 6.45) is 0.672. The summed E-state index contributed by atoms with van der Waals surface area (Å²) in [5.74, 6) is 1.42. The molecule has 0 atom stereocenters. The van der Waals surface area contributed by atoms with Crippen molar-refractivity contribution < 1.29 is 9.13 Å². The Morgan fingerprint density at radius 3 is 2.71 bits per heavy atom. The SMILES string of the molecule is CCNc1cc(Oc2cc(F)c(Cl)cc2Br)nc(CC)n1. The molecule has 0 saturated heterocycles. The third-order valence-corrected chi connectivity index (χ3v) is 3.52. The van der Waals surface area contributed by atoms with E-state index in [1.165, 1.54) is 12.1 Å². The van der Waals surface area contributed by atoms with Crippen molar-refractivity contribution in [1.29, 1.82) is 0 Å². The molecule has 2 rings (SSSR count). The summed E-state index contributed by atoms with van der Waals surface area (Å²) < 4.78 is 19.7. The summed E-state index contributed by atoms with van der Waals surface area (Å²) in [6.45, 7) is 4.66. The molecule has 21 heavy (non-hydrogen) atoms. The maximum absolute atomic E-state index is 13.5. The lowest BCUT2D eigenvalue weighted by Crippen LogP contribution is -2.04. The molecule has 0 aliphatic carbocycles. The molecule has 0 aliphatic rings. The van der Waals surface area contributed by atoms with Gasteiger partial charge >= 0.3 is 0 Å². The highest BCUT2D eigenvalue weighted by molar-refractivity contribution is 9.10. The van der Waals surface area contributed by atoms with Gasteiger partial charge in [-0.2, -0.15) is 4.98 Å². The van der Waals surface area contributed by atoms with Crippen molar-refractivity contribution in [2.75, 3.05) is 11.9 Å². The lowest BCUT2D eigenvalue weighted by atomic mass is 10.3. The first-order chi connectivity index (χ1) is 10.0. The number of aryl methyl sites for hydroxylation is 1. The molecule has 0 fully saturated rings.